The Labute approximate surface area is 152 Å². The Hall–Kier alpha value is 1.54. The lowest BCUT2D eigenvalue weighted by Crippen LogP contribution is -2.60. The van der Waals surface area contributed by atoms with Gasteiger partial charge in [0, 0.05) is 6.04 Å². The second-order valence-corrected chi connectivity index (χ2v) is 34.1. The number of rotatable bonds is 9. The highest BCUT2D eigenvalue weighted by atomic mass is 35.7. The van der Waals surface area contributed by atoms with Gasteiger partial charge in [0.2, 0.25) is 6.69 Å². The number of hydrogen-bond donors (Lipinski definition) is 0. The molecule has 22 heavy (non-hydrogen) atoms. The molecule has 0 heterocycles. The predicted octanol–water partition coefficient (Wildman–Crippen LogP) is 6.03. The average Bonchev–Trinajstić information content (AvgIpc) is 2.04. The predicted molar refractivity (Wildman–Crippen MR) is 112 cm³/mol. The summed E-state index contributed by atoms with van der Waals surface area (Å²) in [5, 5.41) is 0. The van der Waals surface area contributed by atoms with Gasteiger partial charge in [-0.1, -0.05) is 0 Å². The van der Waals surface area contributed by atoms with Gasteiger partial charge in [-0.15, -0.1) is 22.2 Å². The molecule has 134 valence electrons. The molecular weight excluding hydrogens is 403 g/mol. The molecule has 0 saturated heterocycles. The van der Waals surface area contributed by atoms with Crippen molar-refractivity contribution < 1.29 is 12.3 Å². The Balaban J connectivity index is 5.58. The Morgan fingerprint density at radius 2 is 0.818 bits per heavy atom. The quantitative estimate of drug-likeness (QED) is 0.326. The van der Waals surface area contributed by atoms with Crippen LogP contribution in [0.5, 0.6) is 0 Å². The molecule has 0 aliphatic rings. The largest absolute Gasteiger partial charge is 0.469 e. The Morgan fingerprint density at radius 3 is 1.00 bits per heavy atom. The van der Waals surface area contributed by atoms with Crippen molar-refractivity contribution in [2.24, 2.45) is 0 Å². The maximum atomic E-state index is 6.58. The van der Waals surface area contributed by atoms with Crippen LogP contribution in [0.25, 0.3) is 0 Å². The van der Waals surface area contributed by atoms with Crippen molar-refractivity contribution in [3.8, 4) is 0 Å². The fraction of sp³-hybridized carbons (Fsp3) is 1.00. The minimum absolute atomic E-state index is 0.738. The van der Waals surface area contributed by atoms with E-state index in [1.165, 1.54) is 0 Å². The van der Waals surface area contributed by atoms with Gasteiger partial charge in [-0.2, -0.15) is 0 Å². The summed E-state index contributed by atoms with van der Waals surface area (Å²) in [5.74, 6) is 0. The van der Waals surface area contributed by atoms with Gasteiger partial charge in [-0.05, 0) is 71.5 Å². The van der Waals surface area contributed by atoms with Crippen LogP contribution in [0.4, 0.5) is 0 Å². The van der Waals surface area contributed by atoms with Gasteiger partial charge in [0.25, 0.3) is 0 Å². The molecule has 3 nitrogen and oxygen atoms in total. The van der Waals surface area contributed by atoms with Crippen LogP contribution in [0.1, 0.15) is 0 Å². The van der Waals surface area contributed by atoms with Crippen LogP contribution in [0.3, 0.4) is 0 Å². The van der Waals surface area contributed by atoms with Crippen molar-refractivity contribution in [3.63, 3.8) is 0 Å². The van der Waals surface area contributed by atoms with Crippen molar-refractivity contribution >= 4 is 62.6 Å². The van der Waals surface area contributed by atoms with Gasteiger partial charge in [0.1, 0.15) is 0 Å². The van der Waals surface area contributed by atoms with Gasteiger partial charge in [-0.25, -0.2) is 0 Å². The van der Waals surface area contributed by atoms with Crippen molar-refractivity contribution in [2.45, 2.75) is 77.6 Å². The SMILES string of the molecule is C[Si](Cl)(Cl)CC[Si](O[Si](C)(C)C)(O[Si](C)(C)C)O[Si](C)(C)C. The van der Waals surface area contributed by atoms with E-state index in [9.17, 15) is 0 Å². The molecule has 0 unspecified atom stereocenters. The molecule has 10 heteroatoms. The summed E-state index contributed by atoms with van der Waals surface area (Å²) in [5.41, 5.74) is 0. The van der Waals surface area contributed by atoms with E-state index in [0.717, 1.165) is 12.1 Å². The van der Waals surface area contributed by atoms with E-state index < -0.39 is 40.5 Å². The zero-order valence-electron chi connectivity index (χ0n) is 15.9. The molecule has 0 aromatic rings. The molecule has 0 N–H and O–H groups in total. The van der Waals surface area contributed by atoms with Crippen LogP contribution in [0.15, 0.2) is 0 Å². The minimum Gasteiger partial charge on any atom is -0.417 e. The van der Waals surface area contributed by atoms with Crippen molar-refractivity contribution in [3.05, 3.63) is 0 Å². The monoisotopic (exact) mass is 436 g/mol. The molecule has 0 aromatic carbocycles. The molecule has 0 saturated carbocycles. The standard InChI is InChI=1S/C12H34Cl2O3Si5/c1-18(2,3)15-22(16-19(4,5)6,17-20(7,8)9)12-11-21(10,13)14/h11-12H2,1-10H3. The maximum Gasteiger partial charge on any atom is 0.469 e. The molecule has 0 amide bonds. The van der Waals surface area contributed by atoms with E-state index in [4.69, 9.17) is 34.5 Å². The van der Waals surface area contributed by atoms with Crippen molar-refractivity contribution in [2.75, 3.05) is 0 Å². The molecule has 0 bridgehead atoms. The summed E-state index contributed by atoms with van der Waals surface area (Å²) in [4.78, 5) is 0. The van der Waals surface area contributed by atoms with Crippen LogP contribution in [-0.4, -0.2) is 40.5 Å². The summed E-state index contributed by atoms with van der Waals surface area (Å²) in [6.07, 6.45) is 0. The molecule has 0 aliphatic carbocycles. The highest BCUT2D eigenvalue weighted by molar-refractivity contribution is 7.45. The molecule has 0 rings (SSSR count). The first kappa shape index (κ1) is 23.5. The fourth-order valence-electron chi connectivity index (χ4n) is 1.99. The Kier molecular flexibility index (Phi) is 8.39. The molecule has 0 atom stereocenters. The van der Waals surface area contributed by atoms with E-state index in [0.29, 0.717) is 0 Å². The second kappa shape index (κ2) is 7.84. The van der Waals surface area contributed by atoms with E-state index in [1.54, 1.807) is 0 Å². The third-order valence-corrected chi connectivity index (χ3v) is 17.0. The highest BCUT2D eigenvalue weighted by Crippen LogP contribution is 2.33. The highest BCUT2D eigenvalue weighted by Gasteiger charge is 2.50. The minimum atomic E-state index is -2.76. The normalized spacial score (nSPS) is 15.3. The molecular formula is C12H34Cl2O3Si5. The summed E-state index contributed by atoms with van der Waals surface area (Å²) >= 11 is 12.7. The summed E-state index contributed by atoms with van der Waals surface area (Å²) in [6.45, 7) is 19.4. The van der Waals surface area contributed by atoms with E-state index in [-0.39, 0.29) is 0 Å². The van der Waals surface area contributed by atoms with Crippen LogP contribution < -0.4 is 0 Å². The zero-order chi connectivity index (χ0) is 18.0. The first-order valence-electron chi connectivity index (χ1n) is 7.81. The average molecular weight is 438 g/mol. The lowest BCUT2D eigenvalue weighted by molar-refractivity contribution is 0.254. The third-order valence-electron chi connectivity index (χ3n) is 2.26. The maximum absolute atomic E-state index is 6.58. The first-order chi connectivity index (χ1) is 9.33. The van der Waals surface area contributed by atoms with E-state index in [2.05, 4.69) is 58.9 Å². The molecule has 0 aromatic heterocycles. The lowest BCUT2D eigenvalue weighted by atomic mass is 10.9. The number of hydrogen-bond acceptors (Lipinski definition) is 3. The van der Waals surface area contributed by atoms with Crippen LogP contribution in [0.2, 0.25) is 77.6 Å². The van der Waals surface area contributed by atoms with E-state index >= 15 is 0 Å². The van der Waals surface area contributed by atoms with Gasteiger partial charge in [-0.3, -0.25) is 0 Å². The molecule has 0 fully saturated rings. The Morgan fingerprint density at radius 1 is 0.545 bits per heavy atom. The molecule has 0 aliphatic heterocycles. The summed E-state index contributed by atoms with van der Waals surface area (Å²) in [7, 11) is -8.17. The summed E-state index contributed by atoms with van der Waals surface area (Å²) in [6, 6.07) is 1.49. The summed E-state index contributed by atoms with van der Waals surface area (Å²) < 4.78 is 19.7. The zero-order valence-corrected chi connectivity index (χ0v) is 22.4. The second-order valence-electron chi connectivity index (χ2n) is 8.90. The molecule has 0 spiro atoms. The topological polar surface area (TPSA) is 27.7 Å². The van der Waals surface area contributed by atoms with E-state index in [1.807, 2.05) is 6.55 Å². The lowest BCUT2D eigenvalue weighted by Gasteiger charge is -2.43. The van der Waals surface area contributed by atoms with Crippen molar-refractivity contribution in [1.29, 1.82) is 0 Å². The van der Waals surface area contributed by atoms with Gasteiger partial charge >= 0.3 is 8.80 Å². The fourth-order valence-corrected chi connectivity index (χ4v) is 20.7. The third kappa shape index (κ3) is 12.9. The van der Waals surface area contributed by atoms with Crippen LogP contribution in [0, 0.1) is 0 Å². The van der Waals surface area contributed by atoms with Crippen molar-refractivity contribution in [1.82, 2.24) is 0 Å². The smallest absolute Gasteiger partial charge is 0.417 e. The molecule has 0 radical (unpaired) electrons. The van der Waals surface area contributed by atoms with Crippen LogP contribution in [-0.2, 0) is 12.3 Å². The van der Waals surface area contributed by atoms with Crippen LogP contribution >= 0.6 is 22.2 Å². The Bertz CT molecular complexity index is 315. The first-order valence-corrected chi connectivity index (χ1v) is 24.7. The number of halogens is 2. The van der Waals surface area contributed by atoms with Gasteiger partial charge in [0.15, 0.2) is 25.0 Å². The van der Waals surface area contributed by atoms with Gasteiger partial charge in [0.05, 0.1) is 0 Å². The van der Waals surface area contributed by atoms with Gasteiger partial charge < -0.3 is 12.3 Å².